The number of hydrogen-bond donors (Lipinski definition) is 1. The molecule has 0 unspecified atom stereocenters. The molecule has 0 aliphatic heterocycles. The van der Waals surface area contributed by atoms with Crippen LogP contribution in [-0.2, 0) is 12.6 Å². The summed E-state index contributed by atoms with van der Waals surface area (Å²) < 4.78 is 7.33. The highest BCUT2D eigenvalue weighted by molar-refractivity contribution is 5.87. The molecule has 0 amide bonds. The molecule has 1 N–H and O–H groups in total. The molecular weight excluding hydrogens is 338 g/mol. The van der Waals surface area contributed by atoms with Crippen LogP contribution in [0.15, 0.2) is 22.9 Å². The highest BCUT2D eigenvalue weighted by Crippen LogP contribution is 2.43. The zero-order valence-corrected chi connectivity index (χ0v) is 17.3. The summed E-state index contributed by atoms with van der Waals surface area (Å²) in [7, 11) is 2.08. The number of nitrogens with zero attached hydrogens (tertiary/aromatic N) is 3. The first-order valence-corrected chi connectivity index (χ1v) is 10.1. The van der Waals surface area contributed by atoms with Gasteiger partial charge in [0.05, 0.1) is 22.3 Å². The quantitative estimate of drug-likeness (QED) is 0.650. The minimum Gasteiger partial charge on any atom is -0.385 e. The lowest BCUT2D eigenvalue weighted by Crippen LogP contribution is -2.24. The second kappa shape index (κ2) is 7.47. The second-order valence-electron chi connectivity index (χ2n) is 7.25. The molecule has 0 bridgehead atoms. The van der Waals surface area contributed by atoms with Crippen molar-refractivity contribution in [3.05, 3.63) is 35.5 Å². The Labute approximate surface area is 161 Å². The zero-order chi connectivity index (χ0) is 19.8. The third kappa shape index (κ3) is 3.29. The molecule has 1 saturated carbocycles. The van der Waals surface area contributed by atoms with E-state index in [1.54, 1.807) is 6.26 Å². The fourth-order valence-electron chi connectivity index (χ4n) is 3.72. The van der Waals surface area contributed by atoms with Gasteiger partial charge in [-0.1, -0.05) is 32.9 Å². The van der Waals surface area contributed by atoms with E-state index in [0.29, 0.717) is 18.8 Å². The van der Waals surface area contributed by atoms with Crippen molar-refractivity contribution in [1.82, 2.24) is 14.7 Å². The highest BCUT2D eigenvalue weighted by atomic mass is 16.5. The van der Waals surface area contributed by atoms with Gasteiger partial charge < -0.3 is 14.2 Å². The molecule has 146 valence electrons. The number of aromatic nitrogens is 3. The zero-order valence-electron chi connectivity index (χ0n) is 17.3. The fourth-order valence-corrected chi connectivity index (χ4v) is 3.72. The van der Waals surface area contributed by atoms with E-state index in [1.165, 1.54) is 12.8 Å². The Bertz CT molecular complexity index is 931. The Morgan fingerprint density at radius 3 is 2.41 bits per heavy atom. The summed E-state index contributed by atoms with van der Waals surface area (Å²) in [5.74, 6) is 1.69. The van der Waals surface area contributed by atoms with Crippen LogP contribution in [0.3, 0.4) is 0 Å². The van der Waals surface area contributed by atoms with Gasteiger partial charge >= 0.3 is 0 Å². The molecule has 0 atom stereocenters. The van der Waals surface area contributed by atoms with Crippen molar-refractivity contribution in [2.45, 2.75) is 71.8 Å². The van der Waals surface area contributed by atoms with Crippen LogP contribution in [0.5, 0.6) is 0 Å². The maximum atomic E-state index is 11.3. The van der Waals surface area contributed by atoms with Gasteiger partial charge in [-0.15, -0.1) is 0 Å². The summed E-state index contributed by atoms with van der Waals surface area (Å²) in [6, 6.07) is 4.21. The number of rotatable bonds is 5. The monoisotopic (exact) mass is 369 g/mol. The molecule has 2 aromatic heterocycles. The molecule has 2 heterocycles. The predicted molar refractivity (Wildman–Crippen MR) is 109 cm³/mol. The van der Waals surface area contributed by atoms with E-state index in [0.717, 1.165) is 39.2 Å². The number of hydrogen-bond acceptors (Lipinski definition) is 4. The lowest BCUT2D eigenvalue weighted by molar-refractivity contribution is 0.0297. The summed E-state index contributed by atoms with van der Waals surface area (Å²) >= 11 is 0. The smallest absolute Gasteiger partial charge is 0.131 e. The van der Waals surface area contributed by atoms with Crippen LogP contribution >= 0.6 is 0 Å². The lowest BCUT2D eigenvalue weighted by Gasteiger charge is -2.26. The Balaban J connectivity index is 0.00000102. The summed E-state index contributed by atoms with van der Waals surface area (Å²) in [6.45, 7) is 9.99. The third-order valence-corrected chi connectivity index (χ3v) is 5.70. The molecule has 1 aliphatic rings. The summed E-state index contributed by atoms with van der Waals surface area (Å²) in [5.41, 5.74) is 4.86. The Hall–Kier alpha value is -2.14. The maximum absolute atomic E-state index is 11.3. The topological polar surface area (TPSA) is 64.1 Å². The summed E-state index contributed by atoms with van der Waals surface area (Å²) in [6.07, 6.45) is 5.39. The van der Waals surface area contributed by atoms with Gasteiger partial charge in [-0.2, -0.15) is 0 Å². The molecular formula is C22H31N3O2. The van der Waals surface area contributed by atoms with Gasteiger partial charge in [0.1, 0.15) is 12.1 Å². The molecule has 1 fully saturated rings. The van der Waals surface area contributed by atoms with Gasteiger partial charge in [0, 0.05) is 24.1 Å². The number of aliphatic hydroxyl groups is 1. The molecule has 0 radical (unpaired) electrons. The predicted octanol–water partition coefficient (Wildman–Crippen LogP) is 5.45. The van der Waals surface area contributed by atoms with E-state index in [2.05, 4.69) is 28.9 Å². The maximum Gasteiger partial charge on any atom is 0.131 e. The van der Waals surface area contributed by atoms with Crippen LogP contribution in [0, 0.1) is 6.92 Å². The van der Waals surface area contributed by atoms with Crippen LogP contribution < -0.4 is 0 Å². The van der Waals surface area contributed by atoms with Crippen molar-refractivity contribution in [1.29, 1.82) is 0 Å². The van der Waals surface area contributed by atoms with Crippen molar-refractivity contribution >= 4 is 11.0 Å². The SMILES string of the molecule is CC.CCC(O)(CC)c1cc(-c2conc2C)cc2c1nc(C1CC1)n2C. The van der Waals surface area contributed by atoms with Crippen LogP contribution in [0.1, 0.15) is 76.4 Å². The van der Waals surface area contributed by atoms with Gasteiger partial charge in [0.25, 0.3) is 0 Å². The third-order valence-electron chi connectivity index (χ3n) is 5.70. The fraction of sp³-hybridized carbons (Fsp3) is 0.545. The van der Waals surface area contributed by atoms with Gasteiger partial charge in [-0.3, -0.25) is 0 Å². The van der Waals surface area contributed by atoms with Crippen molar-refractivity contribution in [2.75, 3.05) is 0 Å². The number of fused-ring (bicyclic) bond motifs is 1. The van der Waals surface area contributed by atoms with E-state index < -0.39 is 5.60 Å². The normalized spacial score (nSPS) is 14.3. The standard InChI is InChI=1S/C20H25N3O2.C2H6/c1-5-20(24,6-2)16-9-14(15-11-25-22-12(15)3)10-17-18(16)21-19(23(17)4)13-7-8-13;1-2/h9-11,13,24H,5-8H2,1-4H3;1-2H3. The van der Waals surface area contributed by atoms with Crippen molar-refractivity contribution in [2.24, 2.45) is 7.05 Å². The Morgan fingerprint density at radius 2 is 1.89 bits per heavy atom. The Morgan fingerprint density at radius 1 is 1.22 bits per heavy atom. The van der Waals surface area contributed by atoms with E-state index in [9.17, 15) is 5.11 Å². The molecule has 5 heteroatoms. The van der Waals surface area contributed by atoms with Crippen LogP contribution in [0.2, 0.25) is 0 Å². The Kier molecular flexibility index (Phi) is 5.43. The van der Waals surface area contributed by atoms with Crippen LogP contribution in [0.4, 0.5) is 0 Å². The summed E-state index contributed by atoms with van der Waals surface area (Å²) in [4.78, 5) is 4.94. The minimum atomic E-state index is -0.880. The molecule has 0 saturated heterocycles. The van der Waals surface area contributed by atoms with Gasteiger partial charge in [-0.05, 0) is 50.3 Å². The number of benzene rings is 1. The first-order valence-electron chi connectivity index (χ1n) is 10.1. The molecule has 27 heavy (non-hydrogen) atoms. The van der Waals surface area contributed by atoms with E-state index in [-0.39, 0.29) is 0 Å². The summed E-state index contributed by atoms with van der Waals surface area (Å²) in [5, 5.41) is 15.3. The van der Waals surface area contributed by atoms with Crippen LogP contribution in [0.25, 0.3) is 22.2 Å². The lowest BCUT2D eigenvalue weighted by atomic mass is 9.86. The number of aryl methyl sites for hydroxylation is 2. The largest absolute Gasteiger partial charge is 0.385 e. The van der Waals surface area contributed by atoms with Crippen LogP contribution in [-0.4, -0.2) is 19.8 Å². The highest BCUT2D eigenvalue weighted by Gasteiger charge is 2.33. The average molecular weight is 370 g/mol. The number of imidazole rings is 1. The van der Waals surface area contributed by atoms with Gasteiger partial charge in [-0.25, -0.2) is 4.98 Å². The average Bonchev–Trinajstić information content (AvgIpc) is 3.37. The first kappa shape index (κ1) is 19.6. The molecule has 1 aliphatic carbocycles. The first-order chi connectivity index (χ1) is 13.0. The van der Waals surface area contributed by atoms with E-state index >= 15 is 0 Å². The molecule has 0 spiro atoms. The second-order valence-corrected chi connectivity index (χ2v) is 7.25. The van der Waals surface area contributed by atoms with Gasteiger partial charge in [0.2, 0.25) is 0 Å². The minimum absolute atomic E-state index is 0.558. The molecule has 5 nitrogen and oxygen atoms in total. The molecule has 1 aromatic carbocycles. The van der Waals surface area contributed by atoms with Crippen molar-refractivity contribution in [3.63, 3.8) is 0 Å². The van der Waals surface area contributed by atoms with Gasteiger partial charge in [0.15, 0.2) is 0 Å². The van der Waals surface area contributed by atoms with E-state index in [4.69, 9.17) is 9.51 Å². The molecule has 4 rings (SSSR count). The van der Waals surface area contributed by atoms with Crippen molar-refractivity contribution in [3.8, 4) is 11.1 Å². The molecule has 3 aromatic rings. The van der Waals surface area contributed by atoms with Crippen molar-refractivity contribution < 1.29 is 9.63 Å². The van der Waals surface area contributed by atoms with E-state index in [1.807, 2.05) is 34.6 Å².